The van der Waals surface area contributed by atoms with E-state index in [0.29, 0.717) is 18.4 Å². The molecule has 3 atom stereocenters. The van der Waals surface area contributed by atoms with Crippen molar-refractivity contribution in [3.05, 3.63) is 35.9 Å². The summed E-state index contributed by atoms with van der Waals surface area (Å²) in [6.45, 7) is 5.19. The first kappa shape index (κ1) is 26.7. The Labute approximate surface area is 207 Å². The molecule has 5 heteroatoms. The molecule has 0 bridgehead atoms. The molecular formula is C29H47N3O2. The minimum atomic E-state index is -0.957. The smallest absolute Gasteiger partial charge is 0.333 e. The Morgan fingerprint density at radius 2 is 1.85 bits per heavy atom. The second kappa shape index (κ2) is 12.7. The number of carboxylic acids is 1. The van der Waals surface area contributed by atoms with Gasteiger partial charge in [-0.3, -0.25) is 4.99 Å². The molecule has 1 fully saturated rings. The second-order valence-electron chi connectivity index (χ2n) is 10.9. The van der Waals surface area contributed by atoms with E-state index in [-0.39, 0.29) is 6.04 Å². The molecule has 1 aromatic carbocycles. The number of unbranched alkanes of at least 4 members (excludes halogenated alkanes) is 1. The van der Waals surface area contributed by atoms with Gasteiger partial charge in [-0.15, -0.1) is 0 Å². The zero-order valence-electron chi connectivity index (χ0n) is 22.0. The summed E-state index contributed by atoms with van der Waals surface area (Å²) < 4.78 is 0. The summed E-state index contributed by atoms with van der Waals surface area (Å²) in [5.74, 6) is 0.585. The molecule has 34 heavy (non-hydrogen) atoms. The number of hydrogen-bond acceptors (Lipinski definition) is 4. The van der Waals surface area contributed by atoms with Gasteiger partial charge in [0.1, 0.15) is 0 Å². The van der Waals surface area contributed by atoms with Crippen molar-refractivity contribution in [1.82, 2.24) is 9.80 Å². The topological polar surface area (TPSA) is 56.1 Å². The van der Waals surface area contributed by atoms with Crippen LogP contribution in [0.2, 0.25) is 0 Å². The minimum Gasteiger partial charge on any atom is -0.479 e. The molecule has 3 rings (SSSR count). The maximum absolute atomic E-state index is 12.4. The Bertz CT molecular complexity index is 773. The molecule has 3 unspecified atom stereocenters. The Morgan fingerprint density at radius 3 is 2.44 bits per heavy atom. The minimum absolute atomic E-state index is 0.000719. The molecule has 0 radical (unpaired) electrons. The third-order valence-electron chi connectivity index (χ3n) is 8.39. The maximum atomic E-state index is 12.4. The SMILES string of the molecule is CCCCN1C=NC(CCC)(C(=O)O)C1CC1CCC(C(CCc2ccccc2)N(C)C)CC1. The molecular weight excluding hydrogens is 422 g/mol. The maximum Gasteiger partial charge on any atom is 0.333 e. The molecule has 1 aliphatic heterocycles. The normalized spacial score (nSPS) is 27.9. The van der Waals surface area contributed by atoms with Crippen LogP contribution in [-0.4, -0.2) is 65.5 Å². The standard InChI is InChI=1S/C29H47N3O2/c1-5-7-20-32-22-30-29(19-6-2,28(33)34)27(32)21-24-13-16-25(17-14-24)26(31(3)4)18-15-23-11-9-8-10-12-23/h8-12,22,24-27H,5-7,13-21H2,1-4H3,(H,33,34). The van der Waals surface area contributed by atoms with Crippen LogP contribution in [0.1, 0.15) is 83.6 Å². The number of aryl methyl sites for hydroxylation is 1. The van der Waals surface area contributed by atoms with Gasteiger partial charge >= 0.3 is 5.97 Å². The number of rotatable bonds is 13. The molecule has 0 spiro atoms. The summed E-state index contributed by atoms with van der Waals surface area (Å²) >= 11 is 0. The predicted molar refractivity (Wildman–Crippen MR) is 141 cm³/mol. The molecule has 2 aliphatic rings. The number of hydrogen-bond donors (Lipinski definition) is 1. The fourth-order valence-electron chi connectivity index (χ4n) is 6.42. The lowest BCUT2D eigenvalue weighted by atomic mass is 9.72. The fourth-order valence-corrected chi connectivity index (χ4v) is 6.42. The molecule has 5 nitrogen and oxygen atoms in total. The molecule has 0 saturated heterocycles. The molecule has 0 aromatic heterocycles. The average Bonchev–Trinajstić information content (AvgIpc) is 3.17. The number of carbonyl (C=O) groups is 1. The van der Waals surface area contributed by atoms with E-state index in [9.17, 15) is 9.90 Å². The summed E-state index contributed by atoms with van der Waals surface area (Å²) in [6.07, 6.45) is 13.7. The lowest BCUT2D eigenvalue weighted by Crippen LogP contribution is -2.52. The molecule has 1 saturated carbocycles. The van der Waals surface area contributed by atoms with Crippen LogP contribution in [0.5, 0.6) is 0 Å². The van der Waals surface area contributed by atoms with Crippen LogP contribution in [0.25, 0.3) is 0 Å². The fraction of sp³-hybridized carbons (Fsp3) is 0.724. The third-order valence-corrected chi connectivity index (χ3v) is 8.39. The van der Waals surface area contributed by atoms with Gasteiger partial charge < -0.3 is 14.9 Å². The van der Waals surface area contributed by atoms with Gasteiger partial charge in [-0.1, -0.05) is 69.9 Å². The van der Waals surface area contributed by atoms with Gasteiger partial charge in [-0.05, 0) is 76.4 Å². The van der Waals surface area contributed by atoms with E-state index in [1.807, 2.05) is 6.34 Å². The third kappa shape index (κ3) is 6.41. The first-order valence-corrected chi connectivity index (χ1v) is 13.7. The van der Waals surface area contributed by atoms with Crippen LogP contribution in [0.4, 0.5) is 0 Å². The van der Waals surface area contributed by atoms with Gasteiger partial charge in [-0.2, -0.15) is 0 Å². The highest BCUT2D eigenvalue weighted by atomic mass is 16.4. The highest BCUT2D eigenvalue weighted by molar-refractivity contribution is 5.85. The molecule has 1 N–H and O–H groups in total. The molecule has 190 valence electrons. The van der Waals surface area contributed by atoms with Crippen molar-refractivity contribution < 1.29 is 9.90 Å². The van der Waals surface area contributed by atoms with Crippen molar-refractivity contribution in [2.45, 2.75) is 102 Å². The summed E-state index contributed by atoms with van der Waals surface area (Å²) in [6, 6.07) is 11.4. The van der Waals surface area contributed by atoms with Crippen molar-refractivity contribution in [3.63, 3.8) is 0 Å². The summed E-state index contributed by atoms with van der Waals surface area (Å²) in [5.41, 5.74) is 0.471. The van der Waals surface area contributed by atoms with Crippen LogP contribution in [0.15, 0.2) is 35.3 Å². The lowest BCUT2D eigenvalue weighted by Gasteiger charge is -2.41. The van der Waals surface area contributed by atoms with E-state index in [2.05, 4.69) is 73.1 Å². The van der Waals surface area contributed by atoms with Gasteiger partial charge in [0.05, 0.1) is 12.4 Å². The van der Waals surface area contributed by atoms with Crippen molar-refractivity contribution in [1.29, 1.82) is 0 Å². The van der Waals surface area contributed by atoms with Gasteiger partial charge in [-0.25, -0.2) is 4.79 Å². The number of benzene rings is 1. The highest BCUT2D eigenvalue weighted by Gasteiger charge is 2.51. The zero-order valence-corrected chi connectivity index (χ0v) is 22.0. The van der Waals surface area contributed by atoms with E-state index in [4.69, 9.17) is 0 Å². The van der Waals surface area contributed by atoms with Gasteiger partial charge in [0.2, 0.25) is 0 Å². The molecule has 1 heterocycles. The van der Waals surface area contributed by atoms with E-state index < -0.39 is 11.5 Å². The van der Waals surface area contributed by atoms with Crippen molar-refractivity contribution in [3.8, 4) is 0 Å². The van der Waals surface area contributed by atoms with Crippen molar-refractivity contribution in [2.75, 3.05) is 20.6 Å². The summed E-state index contributed by atoms with van der Waals surface area (Å²) in [4.78, 5) is 21.8. The largest absolute Gasteiger partial charge is 0.479 e. The van der Waals surface area contributed by atoms with E-state index in [1.54, 1.807) is 0 Å². The average molecular weight is 470 g/mol. The quantitative estimate of drug-likeness (QED) is 0.392. The molecule has 1 aromatic rings. The Morgan fingerprint density at radius 1 is 1.15 bits per heavy atom. The van der Waals surface area contributed by atoms with Crippen molar-refractivity contribution in [2.24, 2.45) is 16.8 Å². The number of nitrogens with zero attached hydrogens (tertiary/aromatic N) is 3. The predicted octanol–water partition coefficient (Wildman–Crippen LogP) is 5.88. The molecule has 0 amide bonds. The first-order chi connectivity index (χ1) is 16.4. The van der Waals surface area contributed by atoms with E-state index in [1.165, 1.54) is 37.7 Å². The highest BCUT2D eigenvalue weighted by Crippen LogP contribution is 2.41. The second-order valence-corrected chi connectivity index (χ2v) is 10.9. The van der Waals surface area contributed by atoms with Crippen LogP contribution < -0.4 is 0 Å². The van der Waals surface area contributed by atoms with Crippen LogP contribution >= 0.6 is 0 Å². The monoisotopic (exact) mass is 469 g/mol. The summed E-state index contributed by atoms with van der Waals surface area (Å²) in [5, 5.41) is 10.2. The van der Waals surface area contributed by atoms with Crippen LogP contribution in [-0.2, 0) is 11.2 Å². The van der Waals surface area contributed by atoms with Crippen molar-refractivity contribution >= 4 is 12.3 Å². The molecule has 1 aliphatic carbocycles. The number of carboxylic acid groups (broad SMARTS) is 1. The van der Waals surface area contributed by atoms with Crippen LogP contribution in [0.3, 0.4) is 0 Å². The lowest BCUT2D eigenvalue weighted by molar-refractivity contribution is -0.145. The van der Waals surface area contributed by atoms with Crippen LogP contribution in [0, 0.1) is 11.8 Å². The summed E-state index contributed by atoms with van der Waals surface area (Å²) in [7, 11) is 4.46. The number of aliphatic carboxylic acids is 1. The van der Waals surface area contributed by atoms with E-state index >= 15 is 0 Å². The Balaban J connectivity index is 1.61. The van der Waals surface area contributed by atoms with Gasteiger partial charge in [0.25, 0.3) is 0 Å². The Kier molecular flexibility index (Phi) is 9.99. The van der Waals surface area contributed by atoms with Gasteiger partial charge in [0.15, 0.2) is 5.54 Å². The van der Waals surface area contributed by atoms with Gasteiger partial charge in [0, 0.05) is 12.6 Å². The zero-order chi connectivity index (χ0) is 24.6. The first-order valence-electron chi connectivity index (χ1n) is 13.7. The number of aliphatic imine (C=N–C) groups is 1. The van der Waals surface area contributed by atoms with E-state index in [0.717, 1.165) is 44.6 Å². The Hall–Kier alpha value is -1.88.